The molecule has 1 aromatic heterocycles. The van der Waals surface area contributed by atoms with Gasteiger partial charge in [-0.05, 0) is 30.3 Å². The fraction of sp³-hybridized carbons (Fsp3) is 0.0667. The third-order valence-corrected chi connectivity index (χ3v) is 3.19. The predicted molar refractivity (Wildman–Crippen MR) is 77.0 cm³/mol. The summed E-state index contributed by atoms with van der Waals surface area (Å²) in [4.78, 5) is 12.1. The molecule has 1 heterocycles. The molecule has 0 aliphatic carbocycles. The van der Waals surface area contributed by atoms with Crippen LogP contribution in [0.2, 0.25) is 0 Å². The standard InChI is InChI=1S/C15H9F4N3O2/c16-9-5-4-7(6-10(9)17)14(23)20-13-8-2-1-3-11(24-15(18)19)12(8)21-22-13/h1-6,15H,(H2,20,21,22,23). The Bertz CT molecular complexity index is 911. The molecular weight excluding hydrogens is 330 g/mol. The third-order valence-electron chi connectivity index (χ3n) is 3.19. The first-order valence-corrected chi connectivity index (χ1v) is 6.64. The van der Waals surface area contributed by atoms with Gasteiger partial charge in [-0.3, -0.25) is 9.89 Å². The second-order valence-electron chi connectivity index (χ2n) is 4.71. The average molecular weight is 339 g/mol. The van der Waals surface area contributed by atoms with Gasteiger partial charge in [-0.25, -0.2) is 8.78 Å². The van der Waals surface area contributed by atoms with E-state index >= 15 is 0 Å². The molecule has 0 saturated heterocycles. The number of H-pyrrole nitrogens is 1. The summed E-state index contributed by atoms with van der Waals surface area (Å²) >= 11 is 0. The fourth-order valence-electron chi connectivity index (χ4n) is 2.12. The normalized spacial score (nSPS) is 11.0. The molecule has 3 rings (SSSR count). The molecule has 9 heteroatoms. The lowest BCUT2D eigenvalue weighted by Gasteiger charge is -2.05. The van der Waals surface area contributed by atoms with E-state index in [2.05, 4.69) is 20.3 Å². The number of carbonyl (C=O) groups is 1. The highest BCUT2D eigenvalue weighted by molar-refractivity contribution is 6.08. The zero-order valence-electron chi connectivity index (χ0n) is 11.8. The van der Waals surface area contributed by atoms with E-state index in [4.69, 9.17) is 0 Å². The second kappa shape index (κ2) is 6.19. The number of rotatable bonds is 4. The van der Waals surface area contributed by atoms with Crippen molar-refractivity contribution in [3.63, 3.8) is 0 Å². The van der Waals surface area contributed by atoms with Crippen LogP contribution in [0.3, 0.4) is 0 Å². The molecule has 0 bridgehead atoms. The van der Waals surface area contributed by atoms with Gasteiger partial charge in [-0.15, -0.1) is 0 Å². The van der Waals surface area contributed by atoms with E-state index < -0.39 is 24.2 Å². The number of nitrogens with one attached hydrogen (secondary N) is 2. The van der Waals surface area contributed by atoms with Gasteiger partial charge in [-0.1, -0.05) is 6.07 Å². The van der Waals surface area contributed by atoms with Gasteiger partial charge in [0.05, 0.1) is 0 Å². The number of benzene rings is 2. The van der Waals surface area contributed by atoms with E-state index in [0.29, 0.717) is 5.39 Å². The van der Waals surface area contributed by atoms with E-state index in [9.17, 15) is 22.4 Å². The Labute approximate surface area is 132 Å². The monoisotopic (exact) mass is 339 g/mol. The number of aromatic amines is 1. The number of hydrogen-bond acceptors (Lipinski definition) is 3. The number of nitrogens with zero attached hydrogens (tertiary/aromatic N) is 1. The van der Waals surface area contributed by atoms with Crippen molar-refractivity contribution in [2.24, 2.45) is 0 Å². The highest BCUT2D eigenvalue weighted by atomic mass is 19.3. The maximum atomic E-state index is 13.2. The topological polar surface area (TPSA) is 67.0 Å². The number of para-hydroxylation sites is 1. The molecule has 3 aromatic rings. The Kier molecular flexibility index (Phi) is 4.07. The number of halogens is 4. The highest BCUT2D eigenvalue weighted by Gasteiger charge is 2.16. The number of amides is 1. The first-order chi connectivity index (χ1) is 11.5. The van der Waals surface area contributed by atoms with Gasteiger partial charge in [0, 0.05) is 10.9 Å². The third kappa shape index (κ3) is 3.00. The van der Waals surface area contributed by atoms with Crippen LogP contribution in [0.5, 0.6) is 5.75 Å². The largest absolute Gasteiger partial charge is 0.433 e. The number of hydrogen-bond donors (Lipinski definition) is 2. The summed E-state index contributed by atoms with van der Waals surface area (Å²) in [5.74, 6) is -3.07. The average Bonchev–Trinajstić information content (AvgIpc) is 2.94. The number of fused-ring (bicyclic) bond motifs is 1. The summed E-state index contributed by atoms with van der Waals surface area (Å²) in [6.45, 7) is -3.01. The molecule has 0 atom stereocenters. The van der Waals surface area contributed by atoms with Gasteiger partial charge in [-0.2, -0.15) is 13.9 Å². The van der Waals surface area contributed by atoms with E-state index in [1.165, 1.54) is 18.2 Å². The van der Waals surface area contributed by atoms with Gasteiger partial charge in [0.15, 0.2) is 23.2 Å². The van der Waals surface area contributed by atoms with Crippen LogP contribution in [0.15, 0.2) is 36.4 Å². The maximum Gasteiger partial charge on any atom is 0.387 e. The number of alkyl halides is 2. The van der Waals surface area contributed by atoms with Gasteiger partial charge < -0.3 is 10.1 Å². The lowest BCUT2D eigenvalue weighted by Crippen LogP contribution is -2.13. The Morgan fingerprint density at radius 1 is 1.17 bits per heavy atom. The van der Waals surface area contributed by atoms with Crippen LogP contribution < -0.4 is 10.1 Å². The van der Waals surface area contributed by atoms with Gasteiger partial charge in [0.25, 0.3) is 5.91 Å². The van der Waals surface area contributed by atoms with Crippen molar-refractivity contribution in [2.75, 3.05) is 5.32 Å². The lowest BCUT2D eigenvalue weighted by molar-refractivity contribution is -0.0489. The molecule has 1 amide bonds. The molecule has 0 unspecified atom stereocenters. The zero-order valence-corrected chi connectivity index (χ0v) is 11.8. The first-order valence-electron chi connectivity index (χ1n) is 6.64. The van der Waals surface area contributed by atoms with Gasteiger partial charge in [0.1, 0.15) is 5.52 Å². The summed E-state index contributed by atoms with van der Waals surface area (Å²) in [5, 5.41) is 9.02. The summed E-state index contributed by atoms with van der Waals surface area (Å²) in [6.07, 6.45) is 0. The van der Waals surface area contributed by atoms with Crippen molar-refractivity contribution < 1.29 is 27.1 Å². The molecule has 0 fully saturated rings. The van der Waals surface area contributed by atoms with Crippen molar-refractivity contribution in [1.82, 2.24) is 10.2 Å². The summed E-state index contributed by atoms with van der Waals surface area (Å²) < 4.78 is 55.2. The van der Waals surface area contributed by atoms with E-state index in [-0.39, 0.29) is 22.6 Å². The van der Waals surface area contributed by atoms with E-state index in [1.807, 2.05) is 0 Å². The minimum absolute atomic E-state index is 0.0412. The van der Waals surface area contributed by atoms with Gasteiger partial charge >= 0.3 is 6.61 Å². The van der Waals surface area contributed by atoms with Crippen molar-refractivity contribution >= 4 is 22.6 Å². The smallest absolute Gasteiger partial charge is 0.387 e. The Balaban J connectivity index is 1.90. The first kappa shape index (κ1) is 15.8. The molecule has 24 heavy (non-hydrogen) atoms. The molecule has 0 aliphatic heterocycles. The quantitative estimate of drug-likeness (QED) is 0.713. The predicted octanol–water partition coefficient (Wildman–Crippen LogP) is 3.69. The summed E-state index contributed by atoms with van der Waals surface area (Å²) in [5.41, 5.74) is 0.0448. The highest BCUT2D eigenvalue weighted by Crippen LogP contribution is 2.29. The fourth-order valence-corrected chi connectivity index (χ4v) is 2.12. The van der Waals surface area contributed by atoms with Crippen LogP contribution in [0, 0.1) is 11.6 Å². The number of anilines is 1. The number of ether oxygens (including phenoxy) is 1. The van der Waals surface area contributed by atoms with Crippen LogP contribution in [0.4, 0.5) is 23.4 Å². The van der Waals surface area contributed by atoms with Crippen LogP contribution in [0.1, 0.15) is 10.4 Å². The van der Waals surface area contributed by atoms with Crippen molar-refractivity contribution in [1.29, 1.82) is 0 Å². The van der Waals surface area contributed by atoms with Gasteiger partial charge in [0.2, 0.25) is 0 Å². The summed E-state index contributed by atoms with van der Waals surface area (Å²) in [7, 11) is 0. The molecule has 0 saturated carbocycles. The minimum Gasteiger partial charge on any atom is -0.433 e. The molecule has 0 radical (unpaired) electrons. The second-order valence-corrected chi connectivity index (χ2v) is 4.71. The van der Waals surface area contributed by atoms with Crippen molar-refractivity contribution in [3.8, 4) is 5.75 Å². The molecule has 5 nitrogen and oxygen atoms in total. The van der Waals surface area contributed by atoms with E-state index in [0.717, 1.165) is 18.2 Å². The molecular formula is C15H9F4N3O2. The SMILES string of the molecule is O=C(Nc1n[nH]c2c(OC(F)F)cccc12)c1ccc(F)c(F)c1. The maximum absolute atomic E-state index is 13.2. The van der Waals surface area contributed by atoms with Crippen molar-refractivity contribution in [2.45, 2.75) is 6.61 Å². The summed E-state index contributed by atoms with van der Waals surface area (Å²) in [6, 6.07) is 6.95. The number of carbonyl (C=O) groups excluding carboxylic acids is 1. The lowest BCUT2D eigenvalue weighted by atomic mass is 10.2. The van der Waals surface area contributed by atoms with Crippen LogP contribution in [-0.4, -0.2) is 22.7 Å². The van der Waals surface area contributed by atoms with Crippen LogP contribution >= 0.6 is 0 Å². The molecule has 0 spiro atoms. The van der Waals surface area contributed by atoms with Crippen LogP contribution in [-0.2, 0) is 0 Å². The minimum atomic E-state index is -3.01. The van der Waals surface area contributed by atoms with Crippen LogP contribution in [0.25, 0.3) is 10.9 Å². The molecule has 2 aromatic carbocycles. The van der Waals surface area contributed by atoms with E-state index in [1.54, 1.807) is 0 Å². The Morgan fingerprint density at radius 2 is 1.96 bits per heavy atom. The molecule has 124 valence electrons. The molecule has 0 aliphatic rings. The molecule has 2 N–H and O–H groups in total. The Hall–Kier alpha value is -3.10. The Morgan fingerprint density at radius 3 is 2.67 bits per heavy atom. The zero-order chi connectivity index (χ0) is 17.3. The number of aromatic nitrogens is 2. The van der Waals surface area contributed by atoms with Crippen molar-refractivity contribution in [3.05, 3.63) is 53.6 Å².